The summed E-state index contributed by atoms with van der Waals surface area (Å²) in [6, 6.07) is 0. The molecular formula is C10H10N2O4. The zero-order valence-corrected chi connectivity index (χ0v) is 8.43. The van der Waals surface area contributed by atoms with Crippen molar-refractivity contribution in [3.05, 3.63) is 23.9 Å². The summed E-state index contributed by atoms with van der Waals surface area (Å²) in [6.45, 7) is 0.637. The predicted octanol–water partition coefficient (Wildman–Crippen LogP) is -0.363. The van der Waals surface area contributed by atoms with Crippen LogP contribution in [0.4, 0.5) is 0 Å². The van der Waals surface area contributed by atoms with Crippen LogP contribution in [0.3, 0.4) is 0 Å². The summed E-state index contributed by atoms with van der Waals surface area (Å²) in [6.07, 6.45) is 4.99. The molecular weight excluding hydrogens is 212 g/mol. The SMILES string of the molecule is O=C(ON1C(=O)CCC1=O)C1=CNCC=C1. The molecule has 0 aromatic rings. The highest BCUT2D eigenvalue weighted by atomic mass is 16.7. The third-order valence-corrected chi connectivity index (χ3v) is 2.21. The van der Waals surface area contributed by atoms with Gasteiger partial charge in [-0.2, -0.15) is 0 Å². The first kappa shape index (κ1) is 10.4. The first-order chi connectivity index (χ1) is 7.68. The summed E-state index contributed by atoms with van der Waals surface area (Å²) in [5.41, 5.74) is 0.277. The highest BCUT2D eigenvalue weighted by molar-refractivity contribution is 6.03. The Morgan fingerprint density at radius 3 is 2.56 bits per heavy atom. The number of dihydropyridines is 1. The molecule has 1 fully saturated rings. The summed E-state index contributed by atoms with van der Waals surface area (Å²) in [7, 11) is 0. The number of hydrogen-bond acceptors (Lipinski definition) is 5. The van der Waals surface area contributed by atoms with Gasteiger partial charge in [-0.05, 0) is 6.08 Å². The predicted molar refractivity (Wildman–Crippen MR) is 52.4 cm³/mol. The van der Waals surface area contributed by atoms with Crippen molar-refractivity contribution < 1.29 is 19.2 Å². The van der Waals surface area contributed by atoms with E-state index in [-0.39, 0.29) is 18.4 Å². The second-order valence-electron chi connectivity index (χ2n) is 3.37. The Kier molecular flexibility index (Phi) is 2.72. The van der Waals surface area contributed by atoms with Crippen LogP contribution in [-0.4, -0.2) is 29.4 Å². The molecule has 0 saturated carbocycles. The first-order valence-corrected chi connectivity index (χ1v) is 4.86. The number of hydrogen-bond donors (Lipinski definition) is 1. The number of nitrogens with zero attached hydrogens (tertiary/aromatic N) is 1. The van der Waals surface area contributed by atoms with Gasteiger partial charge >= 0.3 is 5.97 Å². The van der Waals surface area contributed by atoms with E-state index in [0.717, 1.165) is 0 Å². The van der Waals surface area contributed by atoms with Crippen molar-refractivity contribution in [2.45, 2.75) is 12.8 Å². The van der Waals surface area contributed by atoms with Gasteiger partial charge in [0.25, 0.3) is 11.8 Å². The van der Waals surface area contributed by atoms with E-state index in [4.69, 9.17) is 4.84 Å². The van der Waals surface area contributed by atoms with Crippen LogP contribution in [0.25, 0.3) is 0 Å². The third kappa shape index (κ3) is 1.95. The maximum Gasteiger partial charge on any atom is 0.365 e. The van der Waals surface area contributed by atoms with Crippen LogP contribution >= 0.6 is 0 Å². The van der Waals surface area contributed by atoms with Crippen molar-refractivity contribution in [3.63, 3.8) is 0 Å². The van der Waals surface area contributed by atoms with Crippen LogP contribution in [0, 0.1) is 0 Å². The molecule has 0 aromatic carbocycles. The van der Waals surface area contributed by atoms with Crippen LogP contribution in [0.2, 0.25) is 0 Å². The summed E-state index contributed by atoms with van der Waals surface area (Å²) in [4.78, 5) is 38.6. The molecule has 2 rings (SSSR count). The second kappa shape index (κ2) is 4.18. The average molecular weight is 222 g/mol. The van der Waals surface area contributed by atoms with Crippen molar-refractivity contribution in [2.24, 2.45) is 0 Å². The van der Waals surface area contributed by atoms with E-state index < -0.39 is 17.8 Å². The molecule has 0 unspecified atom stereocenters. The molecule has 6 heteroatoms. The fourth-order valence-electron chi connectivity index (χ4n) is 1.39. The minimum absolute atomic E-state index is 0.0965. The quantitative estimate of drug-likeness (QED) is 0.645. The molecule has 2 heterocycles. The molecule has 6 nitrogen and oxygen atoms in total. The minimum Gasteiger partial charge on any atom is -0.387 e. The van der Waals surface area contributed by atoms with Gasteiger partial charge in [0, 0.05) is 25.6 Å². The molecule has 0 spiro atoms. The Balaban J connectivity index is 2.02. The van der Waals surface area contributed by atoms with E-state index in [1.807, 2.05) is 0 Å². The summed E-state index contributed by atoms with van der Waals surface area (Å²) < 4.78 is 0. The fraction of sp³-hybridized carbons (Fsp3) is 0.300. The fourth-order valence-corrected chi connectivity index (χ4v) is 1.39. The molecule has 1 saturated heterocycles. The minimum atomic E-state index is -0.716. The van der Waals surface area contributed by atoms with Gasteiger partial charge in [-0.15, -0.1) is 5.06 Å². The molecule has 0 bridgehead atoms. The molecule has 0 aromatic heterocycles. The number of nitrogens with one attached hydrogen (secondary N) is 1. The van der Waals surface area contributed by atoms with E-state index in [0.29, 0.717) is 11.6 Å². The topological polar surface area (TPSA) is 75.7 Å². The van der Waals surface area contributed by atoms with Gasteiger partial charge in [-0.1, -0.05) is 6.08 Å². The lowest BCUT2D eigenvalue weighted by Gasteiger charge is -2.14. The molecule has 84 valence electrons. The Hall–Kier alpha value is -2.11. The van der Waals surface area contributed by atoms with Gasteiger partial charge in [-0.3, -0.25) is 9.59 Å². The Bertz CT molecular complexity index is 395. The molecule has 2 amide bonds. The van der Waals surface area contributed by atoms with Crippen LogP contribution in [0.5, 0.6) is 0 Å². The van der Waals surface area contributed by atoms with Gasteiger partial charge in [0.05, 0.1) is 5.57 Å². The normalized spacial score (nSPS) is 19.5. The van der Waals surface area contributed by atoms with Gasteiger partial charge in [0.1, 0.15) is 0 Å². The van der Waals surface area contributed by atoms with Crippen LogP contribution in [0.1, 0.15) is 12.8 Å². The van der Waals surface area contributed by atoms with E-state index in [9.17, 15) is 14.4 Å². The van der Waals surface area contributed by atoms with E-state index >= 15 is 0 Å². The van der Waals surface area contributed by atoms with Crippen molar-refractivity contribution in [1.29, 1.82) is 0 Å². The molecule has 2 aliphatic heterocycles. The molecule has 0 radical (unpaired) electrons. The standard InChI is InChI=1S/C10H10N2O4/c13-8-3-4-9(14)12(8)16-10(15)7-2-1-5-11-6-7/h1-2,6,11H,3-5H2. The summed E-state index contributed by atoms with van der Waals surface area (Å²) in [5, 5.41) is 3.36. The Morgan fingerprint density at radius 2 is 2.00 bits per heavy atom. The van der Waals surface area contributed by atoms with Gasteiger partial charge < -0.3 is 10.2 Å². The van der Waals surface area contributed by atoms with Crippen molar-refractivity contribution in [2.75, 3.05) is 6.54 Å². The van der Waals surface area contributed by atoms with Crippen molar-refractivity contribution >= 4 is 17.8 Å². The summed E-state index contributed by atoms with van der Waals surface area (Å²) >= 11 is 0. The maximum absolute atomic E-state index is 11.5. The first-order valence-electron chi connectivity index (χ1n) is 4.86. The number of hydroxylamine groups is 2. The van der Waals surface area contributed by atoms with E-state index in [1.54, 1.807) is 12.2 Å². The van der Waals surface area contributed by atoms with Crippen LogP contribution in [-0.2, 0) is 19.2 Å². The van der Waals surface area contributed by atoms with E-state index in [2.05, 4.69) is 5.32 Å². The number of imide groups is 1. The average Bonchev–Trinajstić information content (AvgIpc) is 2.62. The molecule has 16 heavy (non-hydrogen) atoms. The number of rotatable bonds is 2. The zero-order chi connectivity index (χ0) is 11.5. The monoisotopic (exact) mass is 222 g/mol. The van der Waals surface area contributed by atoms with Crippen molar-refractivity contribution in [1.82, 2.24) is 10.4 Å². The molecule has 1 N–H and O–H groups in total. The van der Waals surface area contributed by atoms with Gasteiger partial charge in [0.15, 0.2) is 0 Å². The third-order valence-electron chi connectivity index (χ3n) is 2.21. The lowest BCUT2D eigenvalue weighted by molar-refractivity contribution is -0.194. The van der Waals surface area contributed by atoms with E-state index in [1.165, 1.54) is 6.20 Å². The maximum atomic E-state index is 11.5. The lowest BCUT2D eigenvalue weighted by atomic mass is 10.2. The summed E-state index contributed by atoms with van der Waals surface area (Å²) in [5.74, 6) is -1.68. The van der Waals surface area contributed by atoms with Crippen LogP contribution < -0.4 is 5.32 Å². The number of carbonyl (C=O) groups excluding carboxylic acids is 3. The van der Waals surface area contributed by atoms with Crippen molar-refractivity contribution in [3.8, 4) is 0 Å². The molecule has 2 aliphatic rings. The molecule has 0 aliphatic carbocycles. The smallest absolute Gasteiger partial charge is 0.365 e. The Labute approximate surface area is 91.5 Å². The zero-order valence-electron chi connectivity index (χ0n) is 8.43. The Morgan fingerprint density at radius 1 is 1.31 bits per heavy atom. The lowest BCUT2D eigenvalue weighted by Crippen LogP contribution is -2.33. The van der Waals surface area contributed by atoms with Gasteiger partial charge in [-0.25, -0.2) is 4.79 Å². The number of carbonyl (C=O) groups is 3. The second-order valence-corrected chi connectivity index (χ2v) is 3.37. The largest absolute Gasteiger partial charge is 0.387 e. The highest BCUT2D eigenvalue weighted by Crippen LogP contribution is 2.14. The number of amides is 2. The van der Waals surface area contributed by atoms with Gasteiger partial charge in [0.2, 0.25) is 0 Å². The molecule has 0 atom stereocenters. The highest BCUT2D eigenvalue weighted by Gasteiger charge is 2.33. The van der Waals surface area contributed by atoms with Crippen LogP contribution in [0.15, 0.2) is 23.9 Å².